The molecule has 1 saturated heterocycles. The number of aliphatic hydroxyl groups is 1. The minimum Gasteiger partial charge on any atom is -0.492 e. The summed E-state index contributed by atoms with van der Waals surface area (Å²) in [5, 5.41) is 9.69. The van der Waals surface area contributed by atoms with Crippen LogP contribution in [0, 0.1) is 0 Å². The summed E-state index contributed by atoms with van der Waals surface area (Å²) in [7, 11) is 0. The van der Waals surface area contributed by atoms with Gasteiger partial charge in [-0.1, -0.05) is 12.1 Å². The van der Waals surface area contributed by atoms with Crippen molar-refractivity contribution in [3.8, 4) is 5.75 Å². The largest absolute Gasteiger partial charge is 0.492 e. The summed E-state index contributed by atoms with van der Waals surface area (Å²) in [6, 6.07) is 8.45. The zero-order valence-electron chi connectivity index (χ0n) is 12.7. The summed E-state index contributed by atoms with van der Waals surface area (Å²) < 4.78 is 5.71. The average molecular weight is 278 g/mol. The molecule has 4 nitrogen and oxygen atoms in total. The Bertz CT molecular complexity index is 415. The van der Waals surface area contributed by atoms with Gasteiger partial charge >= 0.3 is 0 Å². The Hall–Kier alpha value is -1.26. The van der Waals surface area contributed by atoms with Crippen LogP contribution >= 0.6 is 0 Å². The lowest BCUT2D eigenvalue weighted by atomic mass is 10.1. The van der Waals surface area contributed by atoms with Gasteiger partial charge in [-0.05, 0) is 32.9 Å². The Labute approximate surface area is 122 Å². The van der Waals surface area contributed by atoms with Crippen molar-refractivity contribution in [3.63, 3.8) is 0 Å². The lowest BCUT2D eigenvalue weighted by Gasteiger charge is -2.40. The maximum Gasteiger partial charge on any atom is 0.142 e. The van der Waals surface area contributed by atoms with Crippen molar-refractivity contribution < 1.29 is 9.84 Å². The summed E-state index contributed by atoms with van der Waals surface area (Å²) in [4.78, 5) is 4.72. The van der Waals surface area contributed by atoms with E-state index in [1.54, 1.807) is 0 Å². The predicted octanol–water partition coefficient (Wildman–Crippen LogP) is 1.98. The molecule has 1 aliphatic heterocycles. The third-order valence-corrected chi connectivity index (χ3v) is 4.09. The van der Waals surface area contributed by atoms with Crippen molar-refractivity contribution in [2.24, 2.45) is 0 Å². The van der Waals surface area contributed by atoms with E-state index in [2.05, 4.69) is 28.9 Å². The number of rotatable bonds is 5. The van der Waals surface area contributed by atoms with Crippen molar-refractivity contribution in [1.29, 1.82) is 0 Å². The van der Waals surface area contributed by atoms with Crippen LogP contribution in [-0.2, 0) is 0 Å². The molecule has 1 heterocycles. The van der Waals surface area contributed by atoms with Gasteiger partial charge in [0.2, 0.25) is 0 Å². The quantitative estimate of drug-likeness (QED) is 0.893. The number of para-hydroxylation sites is 2. The number of hydrogen-bond donors (Lipinski definition) is 1. The highest BCUT2D eigenvalue weighted by molar-refractivity contribution is 5.58. The zero-order valence-corrected chi connectivity index (χ0v) is 12.7. The molecule has 1 aliphatic rings. The first-order valence-electron chi connectivity index (χ1n) is 7.52. The molecule has 20 heavy (non-hydrogen) atoms. The number of ether oxygens (including phenoxy) is 1. The predicted molar refractivity (Wildman–Crippen MR) is 82.5 cm³/mol. The van der Waals surface area contributed by atoms with Crippen LogP contribution in [0.5, 0.6) is 5.75 Å². The molecule has 0 aliphatic carbocycles. The standard InChI is InChI=1S/C16H26N2O2/c1-4-20-16-8-6-5-7-15(16)18-11-9-17(10-12-18)13(2)14(3)19/h5-8,13-14,19H,4,9-12H2,1-3H3. The van der Waals surface area contributed by atoms with E-state index >= 15 is 0 Å². The minimum atomic E-state index is -0.280. The lowest BCUT2D eigenvalue weighted by molar-refractivity contribution is 0.0672. The van der Waals surface area contributed by atoms with E-state index < -0.39 is 0 Å². The van der Waals surface area contributed by atoms with E-state index in [1.165, 1.54) is 5.69 Å². The van der Waals surface area contributed by atoms with Crippen molar-refractivity contribution in [3.05, 3.63) is 24.3 Å². The molecule has 4 heteroatoms. The molecule has 2 unspecified atom stereocenters. The smallest absolute Gasteiger partial charge is 0.142 e. The fourth-order valence-corrected chi connectivity index (χ4v) is 2.67. The van der Waals surface area contributed by atoms with Crippen LogP contribution in [-0.4, -0.2) is 54.9 Å². The van der Waals surface area contributed by atoms with Gasteiger partial charge in [-0.25, -0.2) is 0 Å². The second-order valence-electron chi connectivity index (χ2n) is 5.40. The van der Waals surface area contributed by atoms with E-state index in [1.807, 2.05) is 26.0 Å². The Morgan fingerprint density at radius 2 is 1.80 bits per heavy atom. The molecule has 1 aromatic carbocycles. The van der Waals surface area contributed by atoms with E-state index in [0.717, 1.165) is 31.9 Å². The first kappa shape index (κ1) is 15.1. The molecule has 1 N–H and O–H groups in total. The molecule has 2 atom stereocenters. The lowest BCUT2D eigenvalue weighted by Crippen LogP contribution is -2.52. The van der Waals surface area contributed by atoms with Crippen LogP contribution in [0.15, 0.2) is 24.3 Å². The van der Waals surface area contributed by atoms with E-state index in [4.69, 9.17) is 4.74 Å². The Morgan fingerprint density at radius 1 is 1.15 bits per heavy atom. The van der Waals surface area contributed by atoms with Crippen LogP contribution in [0.4, 0.5) is 5.69 Å². The Balaban J connectivity index is 2.00. The van der Waals surface area contributed by atoms with Crippen LogP contribution in [0.25, 0.3) is 0 Å². The van der Waals surface area contributed by atoms with Gasteiger partial charge in [0.25, 0.3) is 0 Å². The van der Waals surface area contributed by atoms with E-state index in [9.17, 15) is 5.11 Å². The molecule has 0 radical (unpaired) electrons. The normalized spacial score (nSPS) is 19.7. The van der Waals surface area contributed by atoms with Crippen molar-refractivity contribution >= 4 is 5.69 Å². The topological polar surface area (TPSA) is 35.9 Å². The number of hydrogen-bond acceptors (Lipinski definition) is 4. The summed E-state index contributed by atoms with van der Waals surface area (Å²) in [5.74, 6) is 0.965. The third-order valence-electron chi connectivity index (χ3n) is 4.09. The molecule has 112 valence electrons. The Kier molecular flexibility index (Phi) is 5.26. The summed E-state index contributed by atoms with van der Waals surface area (Å²) in [6.45, 7) is 10.6. The summed E-state index contributed by atoms with van der Waals surface area (Å²) >= 11 is 0. The van der Waals surface area contributed by atoms with Crippen LogP contribution < -0.4 is 9.64 Å². The average Bonchev–Trinajstić information content (AvgIpc) is 2.47. The monoisotopic (exact) mass is 278 g/mol. The highest BCUT2D eigenvalue weighted by Crippen LogP contribution is 2.29. The maximum absolute atomic E-state index is 9.69. The highest BCUT2D eigenvalue weighted by Gasteiger charge is 2.24. The number of anilines is 1. The van der Waals surface area contributed by atoms with Crippen LogP contribution in [0.1, 0.15) is 20.8 Å². The molecule has 1 aromatic rings. The molecular weight excluding hydrogens is 252 g/mol. The fourth-order valence-electron chi connectivity index (χ4n) is 2.67. The third kappa shape index (κ3) is 3.44. The molecule has 0 aromatic heterocycles. The minimum absolute atomic E-state index is 0.222. The number of piperazine rings is 1. The number of aliphatic hydroxyl groups excluding tert-OH is 1. The van der Waals surface area contributed by atoms with Gasteiger partial charge in [0.15, 0.2) is 0 Å². The van der Waals surface area contributed by atoms with Gasteiger partial charge in [-0.2, -0.15) is 0 Å². The summed E-state index contributed by atoms with van der Waals surface area (Å²) in [6.07, 6.45) is -0.280. The number of nitrogens with zero attached hydrogens (tertiary/aromatic N) is 2. The summed E-state index contributed by atoms with van der Waals surface area (Å²) in [5.41, 5.74) is 1.18. The van der Waals surface area contributed by atoms with Gasteiger partial charge in [0, 0.05) is 32.2 Å². The molecule has 0 saturated carbocycles. The highest BCUT2D eigenvalue weighted by atomic mass is 16.5. The van der Waals surface area contributed by atoms with Crippen LogP contribution in [0.2, 0.25) is 0 Å². The van der Waals surface area contributed by atoms with E-state index in [-0.39, 0.29) is 12.1 Å². The molecule has 0 bridgehead atoms. The van der Waals surface area contributed by atoms with Crippen molar-refractivity contribution in [1.82, 2.24) is 4.90 Å². The molecule has 0 amide bonds. The molecule has 0 spiro atoms. The zero-order chi connectivity index (χ0) is 14.5. The van der Waals surface area contributed by atoms with Gasteiger partial charge < -0.3 is 14.7 Å². The van der Waals surface area contributed by atoms with Crippen molar-refractivity contribution in [2.45, 2.75) is 32.9 Å². The first-order chi connectivity index (χ1) is 9.63. The second-order valence-corrected chi connectivity index (χ2v) is 5.40. The SMILES string of the molecule is CCOc1ccccc1N1CCN(C(C)C(C)O)CC1. The first-order valence-corrected chi connectivity index (χ1v) is 7.52. The fraction of sp³-hybridized carbons (Fsp3) is 0.625. The maximum atomic E-state index is 9.69. The van der Waals surface area contributed by atoms with Crippen LogP contribution in [0.3, 0.4) is 0 Å². The van der Waals surface area contributed by atoms with Gasteiger partial charge in [0.1, 0.15) is 5.75 Å². The van der Waals surface area contributed by atoms with Gasteiger partial charge in [-0.3, -0.25) is 4.90 Å². The molecular formula is C16H26N2O2. The van der Waals surface area contributed by atoms with E-state index in [0.29, 0.717) is 6.61 Å². The van der Waals surface area contributed by atoms with Gasteiger partial charge in [0.05, 0.1) is 18.4 Å². The number of benzene rings is 1. The van der Waals surface area contributed by atoms with Crippen molar-refractivity contribution in [2.75, 3.05) is 37.7 Å². The second kappa shape index (κ2) is 6.95. The van der Waals surface area contributed by atoms with Gasteiger partial charge in [-0.15, -0.1) is 0 Å². The molecule has 2 rings (SSSR count). The molecule has 1 fully saturated rings. The Morgan fingerprint density at radius 3 is 2.40 bits per heavy atom.